The second kappa shape index (κ2) is 6.91. The normalized spacial score (nSPS) is 11.0. The molecule has 8 heteroatoms. The van der Waals surface area contributed by atoms with E-state index in [1.807, 2.05) is 26.0 Å². The fraction of sp³-hybridized carbons (Fsp3) is 0.500. The molecule has 6 nitrogen and oxygen atoms in total. The topological polar surface area (TPSA) is 65.5 Å². The van der Waals surface area contributed by atoms with Gasteiger partial charge in [0.1, 0.15) is 0 Å². The molecule has 0 radical (unpaired) electrons. The first-order valence-electron chi connectivity index (χ1n) is 5.32. The molecule has 0 saturated carbocycles. The van der Waals surface area contributed by atoms with Crippen LogP contribution in [0.3, 0.4) is 0 Å². The van der Waals surface area contributed by atoms with Gasteiger partial charge in [0.25, 0.3) is 0 Å². The van der Waals surface area contributed by atoms with E-state index in [0.29, 0.717) is 11.5 Å². The van der Waals surface area contributed by atoms with Crippen LogP contribution in [0.4, 0.5) is 11.5 Å². The maximum Gasteiger partial charge on any atom is 0.222 e. The molecule has 0 saturated heterocycles. The van der Waals surface area contributed by atoms with Gasteiger partial charge < -0.3 is 9.80 Å². The van der Waals surface area contributed by atoms with Gasteiger partial charge in [0.2, 0.25) is 10.9 Å². The maximum absolute atomic E-state index is 10.8. The molecule has 1 N–H and O–H groups in total. The molecule has 0 aromatic carbocycles. The van der Waals surface area contributed by atoms with Gasteiger partial charge in [0.15, 0.2) is 5.82 Å². The van der Waals surface area contributed by atoms with Gasteiger partial charge in [-0.3, -0.25) is 4.72 Å². The monoisotopic (exact) mass is 336 g/mol. The van der Waals surface area contributed by atoms with Crippen molar-refractivity contribution in [1.82, 2.24) is 9.88 Å². The fourth-order valence-electron chi connectivity index (χ4n) is 1.37. The smallest absolute Gasteiger partial charge is 0.222 e. The molecule has 0 atom stereocenters. The van der Waals surface area contributed by atoms with Crippen LogP contribution in [-0.4, -0.2) is 52.5 Å². The lowest BCUT2D eigenvalue weighted by Gasteiger charge is -2.22. The third kappa shape index (κ3) is 4.79. The van der Waals surface area contributed by atoms with Gasteiger partial charge in [0.05, 0.1) is 5.69 Å². The Bertz CT molecular complexity index is 471. The van der Waals surface area contributed by atoms with Gasteiger partial charge in [-0.15, -0.1) is 0 Å². The van der Waals surface area contributed by atoms with Crippen molar-refractivity contribution in [2.75, 3.05) is 43.9 Å². The number of anilines is 2. The van der Waals surface area contributed by atoms with Gasteiger partial charge in [0, 0.05) is 30.8 Å². The molecular formula is C10H17BrN4O2S. The molecule has 1 heterocycles. The van der Waals surface area contributed by atoms with Crippen molar-refractivity contribution in [2.24, 2.45) is 0 Å². The van der Waals surface area contributed by atoms with Crippen LogP contribution in [-0.2, 0) is 10.9 Å². The van der Waals surface area contributed by atoms with Crippen LogP contribution >= 0.6 is 15.9 Å². The molecule has 0 bridgehead atoms. The molecule has 1 rings (SSSR count). The highest BCUT2D eigenvalue weighted by Crippen LogP contribution is 2.25. The predicted molar refractivity (Wildman–Crippen MR) is 77.7 cm³/mol. The first-order valence-corrected chi connectivity index (χ1v) is 7.29. The summed E-state index contributed by atoms with van der Waals surface area (Å²) in [6, 6.07) is 1.69. The highest BCUT2D eigenvalue weighted by Gasteiger charge is 2.10. The SMILES string of the molecule is CN(C)CCN(C)c1ncc(Br)cc1N[SH](=O)=O. The van der Waals surface area contributed by atoms with E-state index in [1.165, 1.54) is 0 Å². The molecule has 102 valence electrons. The minimum Gasteiger partial charge on any atom is -0.357 e. The molecule has 0 aliphatic heterocycles. The molecule has 0 amide bonds. The number of thiol groups is 1. The molecule has 0 fully saturated rings. The first kappa shape index (κ1) is 15.2. The van der Waals surface area contributed by atoms with Gasteiger partial charge in [-0.25, -0.2) is 13.4 Å². The van der Waals surface area contributed by atoms with E-state index in [-0.39, 0.29) is 0 Å². The van der Waals surface area contributed by atoms with Crippen molar-refractivity contribution in [3.8, 4) is 0 Å². The lowest BCUT2D eigenvalue weighted by molar-refractivity contribution is 0.416. The van der Waals surface area contributed by atoms with Crippen molar-refractivity contribution >= 4 is 38.3 Å². The van der Waals surface area contributed by atoms with Crippen LogP contribution in [0.5, 0.6) is 0 Å². The third-order valence-corrected chi connectivity index (χ3v) is 3.15. The number of likely N-dealkylation sites (N-methyl/N-ethyl adjacent to an activating group) is 2. The average molecular weight is 337 g/mol. The van der Waals surface area contributed by atoms with Crippen LogP contribution in [0.1, 0.15) is 0 Å². The first-order chi connectivity index (χ1) is 8.40. The van der Waals surface area contributed by atoms with Gasteiger partial charge in [-0.1, -0.05) is 0 Å². The van der Waals surface area contributed by atoms with Gasteiger partial charge in [-0.2, -0.15) is 0 Å². The lowest BCUT2D eigenvalue weighted by Crippen LogP contribution is -2.29. The Labute approximate surface area is 117 Å². The van der Waals surface area contributed by atoms with E-state index >= 15 is 0 Å². The van der Waals surface area contributed by atoms with Crippen LogP contribution < -0.4 is 9.62 Å². The van der Waals surface area contributed by atoms with Crippen molar-refractivity contribution in [2.45, 2.75) is 0 Å². The summed E-state index contributed by atoms with van der Waals surface area (Å²) >= 11 is 3.27. The Hall–Kier alpha value is -0.860. The van der Waals surface area contributed by atoms with Crippen LogP contribution in [0.15, 0.2) is 16.7 Å². The zero-order chi connectivity index (χ0) is 13.7. The Morgan fingerprint density at radius 2 is 2.00 bits per heavy atom. The highest BCUT2D eigenvalue weighted by molar-refractivity contribution is 9.10. The predicted octanol–water partition coefficient (Wildman–Crippen LogP) is 0.780. The molecule has 0 unspecified atom stereocenters. The summed E-state index contributed by atoms with van der Waals surface area (Å²) in [5, 5.41) is 0. The average Bonchev–Trinajstić information content (AvgIpc) is 2.25. The largest absolute Gasteiger partial charge is 0.357 e. The van der Waals surface area contributed by atoms with Gasteiger partial charge in [-0.05, 0) is 36.1 Å². The molecule has 1 aromatic heterocycles. The van der Waals surface area contributed by atoms with Crippen LogP contribution in [0.2, 0.25) is 0 Å². The second-order valence-corrected chi connectivity index (χ2v) is 5.77. The van der Waals surface area contributed by atoms with Crippen LogP contribution in [0.25, 0.3) is 0 Å². The number of pyridine rings is 1. The Morgan fingerprint density at radius 1 is 1.33 bits per heavy atom. The summed E-state index contributed by atoms with van der Waals surface area (Å²) in [6.07, 6.45) is 1.64. The van der Waals surface area contributed by atoms with Gasteiger partial charge >= 0.3 is 0 Å². The Balaban J connectivity index is 2.92. The van der Waals surface area contributed by atoms with E-state index in [0.717, 1.165) is 17.6 Å². The molecule has 0 aliphatic carbocycles. The van der Waals surface area contributed by atoms with E-state index in [2.05, 4.69) is 30.5 Å². The molecular weight excluding hydrogens is 320 g/mol. The van der Waals surface area contributed by atoms with Crippen molar-refractivity contribution in [3.63, 3.8) is 0 Å². The zero-order valence-electron chi connectivity index (χ0n) is 10.6. The fourth-order valence-corrected chi connectivity index (χ4v) is 2.07. The zero-order valence-corrected chi connectivity index (χ0v) is 13.0. The highest BCUT2D eigenvalue weighted by atomic mass is 79.9. The standard InChI is InChI=1S/C10H17BrN4O2S/c1-14(2)4-5-15(3)10-9(13-18(16)17)6-8(11)7-12-10/h6-7,18H,4-5H2,1-3H3,(H,13,16,17). The summed E-state index contributed by atoms with van der Waals surface area (Å²) < 4.78 is 24.7. The number of hydrogen-bond acceptors (Lipinski definition) is 5. The maximum atomic E-state index is 10.8. The number of aromatic nitrogens is 1. The Kier molecular flexibility index (Phi) is 5.83. The summed E-state index contributed by atoms with van der Waals surface area (Å²) in [7, 11) is 3.14. The third-order valence-electron chi connectivity index (χ3n) is 2.29. The minimum atomic E-state index is -2.70. The number of nitrogens with one attached hydrogen (secondary N) is 1. The number of nitrogens with zero attached hydrogens (tertiary/aromatic N) is 3. The van der Waals surface area contributed by atoms with Crippen LogP contribution in [0, 0.1) is 0 Å². The van der Waals surface area contributed by atoms with E-state index in [4.69, 9.17) is 0 Å². The Morgan fingerprint density at radius 3 is 2.56 bits per heavy atom. The van der Waals surface area contributed by atoms with E-state index in [9.17, 15) is 8.42 Å². The molecule has 0 spiro atoms. The quantitative estimate of drug-likeness (QED) is 0.751. The summed E-state index contributed by atoms with van der Waals surface area (Å²) in [4.78, 5) is 8.20. The van der Waals surface area contributed by atoms with Crippen molar-refractivity contribution < 1.29 is 8.42 Å². The molecule has 0 aliphatic rings. The lowest BCUT2D eigenvalue weighted by atomic mass is 10.3. The summed E-state index contributed by atoms with van der Waals surface area (Å²) in [5.74, 6) is 0.610. The second-order valence-electron chi connectivity index (χ2n) is 4.12. The van der Waals surface area contributed by atoms with Crippen molar-refractivity contribution in [1.29, 1.82) is 0 Å². The molecule has 18 heavy (non-hydrogen) atoms. The number of hydrogen-bond donors (Lipinski definition) is 2. The minimum absolute atomic E-state index is 0.474. The van der Waals surface area contributed by atoms with E-state index < -0.39 is 10.9 Å². The molecule has 1 aromatic rings. The number of halogens is 1. The summed E-state index contributed by atoms with van der Waals surface area (Å²) in [6.45, 7) is 1.61. The number of rotatable bonds is 6. The van der Waals surface area contributed by atoms with E-state index in [1.54, 1.807) is 12.3 Å². The van der Waals surface area contributed by atoms with Crippen molar-refractivity contribution in [3.05, 3.63) is 16.7 Å². The summed E-state index contributed by atoms with van der Waals surface area (Å²) in [5.41, 5.74) is 0.474.